The van der Waals surface area contributed by atoms with Gasteiger partial charge in [0.15, 0.2) is 0 Å². The van der Waals surface area contributed by atoms with E-state index in [0.29, 0.717) is 4.91 Å². The number of sulfone groups is 1. The van der Waals surface area contributed by atoms with Crippen LogP contribution in [0.15, 0.2) is 46.9 Å². The van der Waals surface area contributed by atoms with Gasteiger partial charge < -0.3 is 0 Å². The standard InChI is InChI=1S/C12H10O2S/c13-15(14)8-10-6-7-11(10)12(15)9-4-2-1-3-5-9/h1-5,8H,6-7H2. The maximum absolute atomic E-state index is 11.9. The van der Waals surface area contributed by atoms with Crippen molar-refractivity contribution < 1.29 is 8.42 Å². The molecule has 1 aliphatic carbocycles. The Hall–Kier alpha value is -1.35. The van der Waals surface area contributed by atoms with E-state index in [9.17, 15) is 8.42 Å². The van der Waals surface area contributed by atoms with Crippen LogP contribution in [-0.4, -0.2) is 8.42 Å². The molecule has 0 N–H and O–H groups in total. The molecule has 1 aliphatic heterocycles. The highest BCUT2D eigenvalue weighted by molar-refractivity contribution is 8.03. The molecule has 0 radical (unpaired) electrons. The van der Waals surface area contributed by atoms with Crippen molar-refractivity contribution in [3.05, 3.63) is 52.4 Å². The van der Waals surface area contributed by atoms with E-state index in [0.717, 1.165) is 29.6 Å². The molecule has 1 saturated carbocycles. The van der Waals surface area contributed by atoms with Crippen molar-refractivity contribution in [1.29, 1.82) is 0 Å². The van der Waals surface area contributed by atoms with E-state index in [2.05, 4.69) is 0 Å². The van der Waals surface area contributed by atoms with Gasteiger partial charge in [-0.1, -0.05) is 30.3 Å². The largest absolute Gasteiger partial charge is 0.219 e. The van der Waals surface area contributed by atoms with Crippen LogP contribution in [0.3, 0.4) is 0 Å². The van der Waals surface area contributed by atoms with Crippen molar-refractivity contribution in [2.75, 3.05) is 0 Å². The van der Waals surface area contributed by atoms with Gasteiger partial charge in [0.1, 0.15) is 0 Å². The van der Waals surface area contributed by atoms with Crippen LogP contribution >= 0.6 is 0 Å². The Morgan fingerprint density at radius 3 is 2.27 bits per heavy atom. The van der Waals surface area contributed by atoms with Gasteiger partial charge in [-0.25, -0.2) is 8.42 Å². The molecular weight excluding hydrogens is 208 g/mol. The van der Waals surface area contributed by atoms with Gasteiger partial charge in [-0.15, -0.1) is 0 Å². The number of hydrogen-bond donors (Lipinski definition) is 0. The summed E-state index contributed by atoms with van der Waals surface area (Å²) in [6, 6.07) is 9.35. The summed E-state index contributed by atoms with van der Waals surface area (Å²) in [5.74, 6) is 0. The lowest BCUT2D eigenvalue weighted by Gasteiger charge is -2.18. The smallest absolute Gasteiger partial charge is 0.200 e. The van der Waals surface area contributed by atoms with E-state index < -0.39 is 9.84 Å². The number of allylic oxidation sites excluding steroid dienone is 2. The summed E-state index contributed by atoms with van der Waals surface area (Å²) < 4.78 is 23.8. The summed E-state index contributed by atoms with van der Waals surface area (Å²) in [4.78, 5) is 0.532. The van der Waals surface area contributed by atoms with Crippen molar-refractivity contribution in [1.82, 2.24) is 0 Å². The normalized spacial score (nSPS) is 22.0. The Labute approximate surface area is 88.9 Å². The van der Waals surface area contributed by atoms with E-state index in [4.69, 9.17) is 0 Å². The van der Waals surface area contributed by atoms with Crippen molar-refractivity contribution in [2.24, 2.45) is 0 Å². The fourth-order valence-corrected chi connectivity index (χ4v) is 3.92. The van der Waals surface area contributed by atoms with E-state index in [1.165, 1.54) is 5.41 Å². The van der Waals surface area contributed by atoms with Crippen LogP contribution in [0.1, 0.15) is 18.4 Å². The van der Waals surface area contributed by atoms with Crippen LogP contribution < -0.4 is 0 Å². The van der Waals surface area contributed by atoms with Crippen molar-refractivity contribution in [3.8, 4) is 0 Å². The van der Waals surface area contributed by atoms with Gasteiger partial charge in [-0.3, -0.25) is 0 Å². The third-order valence-corrected chi connectivity index (χ3v) is 4.57. The zero-order chi connectivity index (χ0) is 10.5. The maximum Gasteiger partial charge on any atom is 0.200 e. The third kappa shape index (κ3) is 1.20. The summed E-state index contributed by atoms with van der Waals surface area (Å²) in [6.45, 7) is 0. The van der Waals surface area contributed by atoms with Crippen LogP contribution in [0, 0.1) is 0 Å². The lowest BCUT2D eigenvalue weighted by molar-refractivity contribution is 0.614. The fourth-order valence-electron chi connectivity index (χ4n) is 2.13. The number of benzene rings is 1. The van der Waals surface area contributed by atoms with E-state index in [1.807, 2.05) is 30.3 Å². The fraction of sp³-hybridized carbons (Fsp3) is 0.167. The van der Waals surface area contributed by atoms with Crippen molar-refractivity contribution >= 4 is 14.7 Å². The number of hydrogen-bond acceptors (Lipinski definition) is 2. The lowest BCUT2D eigenvalue weighted by Crippen LogP contribution is -2.02. The first-order valence-corrected chi connectivity index (χ1v) is 6.48. The van der Waals surface area contributed by atoms with Gasteiger partial charge in [0.2, 0.25) is 9.84 Å². The summed E-state index contributed by atoms with van der Waals surface area (Å²) in [7, 11) is -3.16. The molecule has 0 unspecified atom stereocenters. The highest BCUT2D eigenvalue weighted by atomic mass is 32.2. The predicted molar refractivity (Wildman–Crippen MR) is 59.6 cm³/mol. The van der Waals surface area contributed by atoms with Gasteiger partial charge in [0.05, 0.1) is 4.91 Å². The zero-order valence-electron chi connectivity index (χ0n) is 8.10. The lowest BCUT2D eigenvalue weighted by atomic mass is 9.86. The molecule has 1 aromatic carbocycles. The molecule has 76 valence electrons. The molecule has 3 heteroatoms. The average molecular weight is 218 g/mol. The first kappa shape index (κ1) is 8.92. The Kier molecular flexibility index (Phi) is 1.68. The molecule has 0 amide bonds. The highest BCUT2D eigenvalue weighted by Gasteiger charge is 2.35. The van der Waals surface area contributed by atoms with Crippen LogP contribution in [-0.2, 0) is 9.84 Å². The summed E-state index contributed by atoms with van der Waals surface area (Å²) in [6.07, 6.45) is 1.81. The summed E-state index contributed by atoms with van der Waals surface area (Å²) in [5.41, 5.74) is 2.86. The molecule has 3 rings (SSSR count). The molecule has 15 heavy (non-hydrogen) atoms. The maximum atomic E-state index is 11.9. The molecule has 2 nitrogen and oxygen atoms in total. The monoisotopic (exact) mass is 218 g/mol. The van der Waals surface area contributed by atoms with Crippen LogP contribution in [0.25, 0.3) is 4.91 Å². The van der Waals surface area contributed by atoms with Crippen LogP contribution in [0.4, 0.5) is 0 Å². The zero-order valence-corrected chi connectivity index (χ0v) is 8.92. The molecule has 2 aliphatic rings. The molecule has 0 atom stereocenters. The molecule has 1 heterocycles. The second-order valence-corrected chi connectivity index (χ2v) is 5.60. The molecule has 0 aromatic heterocycles. The third-order valence-electron chi connectivity index (χ3n) is 2.92. The van der Waals surface area contributed by atoms with Crippen LogP contribution in [0.2, 0.25) is 0 Å². The topological polar surface area (TPSA) is 34.1 Å². The molecule has 1 fully saturated rings. The minimum atomic E-state index is -3.16. The second-order valence-electron chi connectivity index (χ2n) is 3.86. The van der Waals surface area contributed by atoms with Gasteiger partial charge in [-0.2, -0.15) is 0 Å². The summed E-state index contributed by atoms with van der Waals surface area (Å²) >= 11 is 0. The van der Waals surface area contributed by atoms with Gasteiger partial charge in [0, 0.05) is 5.41 Å². The van der Waals surface area contributed by atoms with Crippen molar-refractivity contribution in [2.45, 2.75) is 12.8 Å². The molecule has 0 saturated heterocycles. The van der Waals surface area contributed by atoms with Crippen molar-refractivity contribution in [3.63, 3.8) is 0 Å². The molecule has 0 bridgehead atoms. The van der Waals surface area contributed by atoms with Gasteiger partial charge >= 0.3 is 0 Å². The quantitative estimate of drug-likeness (QED) is 0.725. The Balaban J connectivity index is 2.24. The highest BCUT2D eigenvalue weighted by Crippen LogP contribution is 2.47. The molecule has 0 spiro atoms. The van der Waals surface area contributed by atoms with E-state index in [1.54, 1.807) is 0 Å². The van der Waals surface area contributed by atoms with E-state index >= 15 is 0 Å². The Morgan fingerprint density at radius 1 is 1.00 bits per heavy atom. The number of rotatable bonds is 1. The Bertz CT molecular complexity index is 577. The molecule has 1 aromatic rings. The van der Waals surface area contributed by atoms with Gasteiger partial charge in [0.25, 0.3) is 0 Å². The summed E-state index contributed by atoms with van der Waals surface area (Å²) in [5, 5.41) is 1.42. The average Bonchev–Trinajstić information content (AvgIpc) is 2.38. The SMILES string of the molecule is O=S1(=O)C=C2CCC2=C1c1ccccc1. The minimum Gasteiger partial charge on any atom is -0.219 e. The van der Waals surface area contributed by atoms with Gasteiger partial charge in [-0.05, 0) is 29.6 Å². The van der Waals surface area contributed by atoms with Crippen LogP contribution in [0.5, 0.6) is 0 Å². The van der Waals surface area contributed by atoms with E-state index in [-0.39, 0.29) is 0 Å². The predicted octanol–water partition coefficient (Wildman–Crippen LogP) is 2.50. The first-order chi connectivity index (χ1) is 7.18. The Morgan fingerprint density at radius 2 is 1.73 bits per heavy atom. The number of fused-ring (bicyclic) bond motifs is 1. The minimum absolute atomic E-state index is 0.532. The second kappa shape index (κ2) is 2.83. The molecular formula is C12H10O2S. The first-order valence-electron chi connectivity index (χ1n) is 4.93.